The first-order valence-corrected chi connectivity index (χ1v) is 10.5. The number of aliphatic hydroxyl groups is 1. The molecule has 5 nitrogen and oxygen atoms in total. The summed E-state index contributed by atoms with van der Waals surface area (Å²) in [6, 6.07) is 19.1. The van der Waals surface area contributed by atoms with Gasteiger partial charge in [-0.05, 0) is 54.8 Å². The van der Waals surface area contributed by atoms with Gasteiger partial charge in [0.2, 0.25) is 0 Å². The zero-order chi connectivity index (χ0) is 22.9. The number of nitriles is 1. The highest BCUT2D eigenvalue weighted by atomic mass is 35.5. The van der Waals surface area contributed by atoms with Crippen LogP contribution in [0.25, 0.3) is 11.1 Å². The molecular weight excluding hydrogens is 429 g/mol. The van der Waals surface area contributed by atoms with Crippen LogP contribution in [0.1, 0.15) is 18.1 Å². The van der Waals surface area contributed by atoms with Crippen molar-refractivity contribution in [1.82, 2.24) is 0 Å². The molecule has 0 saturated heterocycles. The number of rotatable bonds is 5. The zero-order valence-electron chi connectivity index (χ0n) is 17.4. The summed E-state index contributed by atoms with van der Waals surface area (Å²) in [6.07, 6.45) is 0.629. The molecule has 0 aromatic heterocycles. The number of nitrogens with one attached hydrogen (secondary N) is 1. The van der Waals surface area contributed by atoms with E-state index in [4.69, 9.17) is 16.9 Å². The number of fused-ring (bicyclic) bond motifs is 1. The number of carbonyl (C=O) groups is 1. The molecule has 2 N–H and O–H groups in total. The summed E-state index contributed by atoms with van der Waals surface area (Å²) in [6.45, 7) is 2.04. The molecule has 7 heteroatoms. The Hall–Kier alpha value is -3.40. The molecule has 1 heterocycles. The van der Waals surface area contributed by atoms with Gasteiger partial charge in [0.15, 0.2) is 5.60 Å². The Morgan fingerprint density at radius 2 is 2.00 bits per heavy atom. The number of amides is 1. The highest BCUT2D eigenvalue weighted by molar-refractivity contribution is 6.32. The largest absolute Gasteiger partial charge is 0.378 e. The predicted molar refractivity (Wildman–Crippen MR) is 123 cm³/mol. The molecule has 0 unspecified atom stereocenters. The van der Waals surface area contributed by atoms with E-state index in [1.54, 1.807) is 12.1 Å². The normalized spacial score (nSPS) is 14.4. The highest BCUT2D eigenvalue weighted by Gasteiger charge is 2.35. The molecule has 3 aromatic rings. The fourth-order valence-electron chi connectivity index (χ4n) is 3.87. The molecule has 0 spiro atoms. The van der Waals surface area contributed by atoms with E-state index < -0.39 is 11.5 Å². The molecular formula is C25H21ClFN3O2. The van der Waals surface area contributed by atoms with Crippen molar-refractivity contribution in [1.29, 1.82) is 5.26 Å². The zero-order valence-corrected chi connectivity index (χ0v) is 18.2. The van der Waals surface area contributed by atoms with E-state index in [1.807, 2.05) is 41.3 Å². The number of β-amino-alcohol motifs (C(OH)–C–C–N with tert-alkyl or cyclic N) is 1. The maximum absolute atomic E-state index is 14.7. The van der Waals surface area contributed by atoms with Crippen molar-refractivity contribution in [3.8, 4) is 17.2 Å². The third-order valence-electron chi connectivity index (χ3n) is 5.58. The number of anilines is 2. The van der Waals surface area contributed by atoms with Crippen LogP contribution in [0.3, 0.4) is 0 Å². The van der Waals surface area contributed by atoms with Crippen molar-refractivity contribution in [2.75, 3.05) is 23.3 Å². The maximum Gasteiger partial charge on any atom is 0.257 e. The summed E-state index contributed by atoms with van der Waals surface area (Å²) in [5, 5.41) is 22.8. The first kappa shape index (κ1) is 21.8. The van der Waals surface area contributed by atoms with Crippen LogP contribution in [-0.4, -0.2) is 29.7 Å². The SMILES string of the molecule is C[C@](O)(CN1CCc2cc(F)c(-c3ccccc3)cc21)C(=O)Nc1ccc(C#N)c(Cl)c1. The minimum Gasteiger partial charge on any atom is -0.378 e. The second-order valence-corrected chi connectivity index (χ2v) is 8.44. The van der Waals surface area contributed by atoms with Crippen LogP contribution in [0.2, 0.25) is 5.02 Å². The lowest BCUT2D eigenvalue weighted by Crippen LogP contribution is -2.49. The molecule has 0 bridgehead atoms. The lowest BCUT2D eigenvalue weighted by molar-refractivity contribution is -0.131. The molecule has 162 valence electrons. The third kappa shape index (κ3) is 4.31. The first-order chi connectivity index (χ1) is 15.3. The van der Waals surface area contributed by atoms with Crippen LogP contribution in [0.15, 0.2) is 60.7 Å². The lowest BCUT2D eigenvalue weighted by Gasteiger charge is -2.30. The van der Waals surface area contributed by atoms with Gasteiger partial charge in [-0.15, -0.1) is 0 Å². The summed E-state index contributed by atoms with van der Waals surface area (Å²) in [5.41, 5.74) is 1.86. The van der Waals surface area contributed by atoms with Gasteiger partial charge in [-0.2, -0.15) is 5.26 Å². The van der Waals surface area contributed by atoms with Crippen LogP contribution in [0.4, 0.5) is 15.8 Å². The van der Waals surface area contributed by atoms with E-state index in [2.05, 4.69) is 5.32 Å². The molecule has 1 atom stereocenters. The van der Waals surface area contributed by atoms with Gasteiger partial charge in [-0.3, -0.25) is 4.79 Å². The smallest absolute Gasteiger partial charge is 0.257 e. The number of nitrogens with zero attached hydrogens (tertiary/aromatic N) is 2. The number of halogens is 2. The molecule has 3 aromatic carbocycles. The van der Waals surface area contributed by atoms with Crippen molar-refractivity contribution in [3.63, 3.8) is 0 Å². The molecule has 1 aliphatic heterocycles. The summed E-state index contributed by atoms with van der Waals surface area (Å²) >= 11 is 6.02. The Kier molecular flexibility index (Phi) is 5.88. The van der Waals surface area contributed by atoms with E-state index in [0.29, 0.717) is 29.8 Å². The van der Waals surface area contributed by atoms with Crippen molar-refractivity contribution >= 4 is 28.9 Å². The van der Waals surface area contributed by atoms with E-state index in [9.17, 15) is 14.3 Å². The summed E-state index contributed by atoms with van der Waals surface area (Å²) in [4.78, 5) is 14.7. The van der Waals surface area contributed by atoms with Gasteiger partial charge in [-0.25, -0.2) is 4.39 Å². The van der Waals surface area contributed by atoms with E-state index in [1.165, 1.54) is 25.1 Å². The summed E-state index contributed by atoms with van der Waals surface area (Å²) < 4.78 is 14.7. The monoisotopic (exact) mass is 449 g/mol. The Bertz CT molecular complexity index is 1220. The molecule has 4 rings (SSSR count). The Balaban J connectivity index is 1.54. The van der Waals surface area contributed by atoms with Gasteiger partial charge < -0.3 is 15.3 Å². The van der Waals surface area contributed by atoms with Crippen LogP contribution >= 0.6 is 11.6 Å². The van der Waals surface area contributed by atoms with Crippen molar-refractivity contribution in [2.24, 2.45) is 0 Å². The number of carbonyl (C=O) groups excluding carboxylic acids is 1. The topological polar surface area (TPSA) is 76.4 Å². The summed E-state index contributed by atoms with van der Waals surface area (Å²) in [5.74, 6) is -0.892. The first-order valence-electron chi connectivity index (χ1n) is 10.1. The summed E-state index contributed by atoms with van der Waals surface area (Å²) in [7, 11) is 0. The number of hydrogen-bond donors (Lipinski definition) is 2. The standard InChI is InChI=1S/C25H21ClFN3O2/c1-25(32,24(31)29-19-8-7-18(14-28)21(26)12-19)15-30-10-9-17-11-22(27)20(13-23(17)30)16-5-3-2-4-6-16/h2-8,11-13,32H,9-10,15H2,1H3,(H,29,31)/t25-/m0/s1. The third-order valence-corrected chi connectivity index (χ3v) is 5.89. The van der Waals surface area contributed by atoms with E-state index in [0.717, 1.165) is 16.8 Å². The second kappa shape index (κ2) is 8.62. The minimum absolute atomic E-state index is 0.0374. The molecule has 1 aliphatic rings. The fourth-order valence-corrected chi connectivity index (χ4v) is 4.09. The van der Waals surface area contributed by atoms with Gasteiger partial charge >= 0.3 is 0 Å². The Labute approximate surface area is 190 Å². The van der Waals surface area contributed by atoms with Crippen molar-refractivity contribution in [2.45, 2.75) is 18.9 Å². The van der Waals surface area contributed by atoms with E-state index >= 15 is 0 Å². The molecule has 0 aliphatic carbocycles. The Morgan fingerprint density at radius 1 is 1.25 bits per heavy atom. The second-order valence-electron chi connectivity index (χ2n) is 8.03. The quantitative estimate of drug-likeness (QED) is 0.588. The molecule has 0 fully saturated rings. The fraction of sp³-hybridized carbons (Fsp3) is 0.200. The molecule has 0 saturated carbocycles. The van der Waals surface area contributed by atoms with Gasteiger partial charge in [0.05, 0.1) is 17.1 Å². The molecule has 0 radical (unpaired) electrons. The van der Waals surface area contributed by atoms with Crippen molar-refractivity contribution in [3.05, 3.63) is 82.6 Å². The van der Waals surface area contributed by atoms with Gasteiger partial charge in [0, 0.05) is 23.5 Å². The average molecular weight is 450 g/mol. The molecule has 1 amide bonds. The Morgan fingerprint density at radius 3 is 2.69 bits per heavy atom. The number of hydrogen-bond acceptors (Lipinski definition) is 4. The predicted octanol–water partition coefficient (Wildman–Crippen LogP) is 4.77. The van der Waals surface area contributed by atoms with Gasteiger partial charge in [0.1, 0.15) is 11.9 Å². The maximum atomic E-state index is 14.7. The highest BCUT2D eigenvalue weighted by Crippen LogP contribution is 2.35. The average Bonchev–Trinajstić information content (AvgIpc) is 3.14. The van der Waals surface area contributed by atoms with Crippen LogP contribution < -0.4 is 10.2 Å². The van der Waals surface area contributed by atoms with Crippen molar-refractivity contribution < 1.29 is 14.3 Å². The van der Waals surface area contributed by atoms with Gasteiger partial charge in [0.25, 0.3) is 5.91 Å². The van der Waals surface area contributed by atoms with Crippen LogP contribution in [0, 0.1) is 17.1 Å². The van der Waals surface area contributed by atoms with Gasteiger partial charge in [-0.1, -0.05) is 41.9 Å². The minimum atomic E-state index is -1.72. The lowest BCUT2D eigenvalue weighted by atomic mass is 10.0. The molecule has 32 heavy (non-hydrogen) atoms. The number of benzene rings is 3. The van der Waals surface area contributed by atoms with E-state index in [-0.39, 0.29) is 17.4 Å². The van der Waals surface area contributed by atoms with Crippen LogP contribution in [-0.2, 0) is 11.2 Å². The van der Waals surface area contributed by atoms with Crippen LogP contribution in [0.5, 0.6) is 0 Å².